The van der Waals surface area contributed by atoms with E-state index in [9.17, 15) is 13.2 Å². The minimum atomic E-state index is -3.67. The Hall–Kier alpha value is -2.49. The lowest BCUT2D eigenvalue weighted by Gasteiger charge is -2.30. The van der Waals surface area contributed by atoms with Gasteiger partial charge in [-0.2, -0.15) is 0 Å². The van der Waals surface area contributed by atoms with Crippen molar-refractivity contribution < 1.29 is 8.42 Å². The normalized spacial score (nSPS) is 19.0. The molecule has 9 heteroatoms. The second-order valence-corrected chi connectivity index (χ2v) is 11.4. The summed E-state index contributed by atoms with van der Waals surface area (Å²) >= 11 is 1.40. The zero-order valence-corrected chi connectivity index (χ0v) is 20.5. The maximum absolute atomic E-state index is 13.1. The minimum Gasteiger partial charge on any atom is -0.378 e. The Labute approximate surface area is 198 Å². The minimum absolute atomic E-state index is 0.0105. The van der Waals surface area contributed by atoms with Gasteiger partial charge in [-0.3, -0.25) is 4.79 Å². The van der Waals surface area contributed by atoms with E-state index in [2.05, 4.69) is 23.5 Å². The summed E-state index contributed by atoms with van der Waals surface area (Å²) in [6, 6.07) is 9.05. The molecule has 1 saturated carbocycles. The van der Waals surface area contributed by atoms with E-state index in [1.54, 1.807) is 16.7 Å². The summed E-state index contributed by atoms with van der Waals surface area (Å²) in [5.74, 6) is 0.737. The fraction of sp³-hybridized carbons (Fsp3) is 0.417. The molecule has 2 aromatic heterocycles. The molecule has 0 atom stereocenters. The molecule has 0 bridgehead atoms. The maximum Gasteiger partial charge on any atom is 0.273 e. The van der Waals surface area contributed by atoms with Gasteiger partial charge < -0.3 is 9.88 Å². The number of primary sulfonamides is 1. The molecule has 1 aliphatic carbocycles. The zero-order chi connectivity index (χ0) is 23.6. The van der Waals surface area contributed by atoms with Gasteiger partial charge in [-0.05, 0) is 72.8 Å². The number of aromatic nitrogens is 2. The van der Waals surface area contributed by atoms with Gasteiger partial charge in [0.25, 0.3) is 5.56 Å². The van der Waals surface area contributed by atoms with Crippen LogP contribution < -0.4 is 16.0 Å². The number of anilines is 1. The molecule has 1 aromatic carbocycles. The van der Waals surface area contributed by atoms with Gasteiger partial charge in [0.1, 0.15) is 5.69 Å². The van der Waals surface area contributed by atoms with Crippen LogP contribution in [0.25, 0.3) is 11.1 Å². The summed E-state index contributed by atoms with van der Waals surface area (Å²) in [6.45, 7) is 4.88. The lowest BCUT2D eigenvalue weighted by Crippen LogP contribution is -2.31. The summed E-state index contributed by atoms with van der Waals surface area (Å²) in [5.41, 5.74) is 3.80. The van der Waals surface area contributed by atoms with Gasteiger partial charge in [0.05, 0.1) is 4.90 Å². The Morgan fingerprint density at radius 2 is 1.85 bits per heavy atom. The van der Waals surface area contributed by atoms with E-state index in [1.165, 1.54) is 11.5 Å². The van der Waals surface area contributed by atoms with Gasteiger partial charge in [0, 0.05) is 41.5 Å². The number of sulfonamides is 1. The van der Waals surface area contributed by atoms with Gasteiger partial charge in [0.2, 0.25) is 10.0 Å². The van der Waals surface area contributed by atoms with Crippen LogP contribution in [0, 0.1) is 5.92 Å². The highest BCUT2D eigenvalue weighted by molar-refractivity contribution is 7.89. The van der Waals surface area contributed by atoms with Crippen molar-refractivity contribution in [2.24, 2.45) is 11.1 Å². The molecule has 7 nitrogen and oxygen atoms in total. The molecule has 3 aromatic rings. The third-order valence-electron chi connectivity index (χ3n) is 6.18. The summed E-state index contributed by atoms with van der Waals surface area (Å²) in [7, 11) is -3.67. The summed E-state index contributed by atoms with van der Waals surface area (Å²) in [6.07, 6.45) is 7.59. The van der Waals surface area contributed by atoms with Crippen LogP contribution >= 0.6 is 11.5 Å². The molecule has 0 radical (unpaired) electrons. The second kappa shape index (κ2) is 9.79. The molecular weight excluding hydrogens is 456 g/mol. The van der Waals surface area contributed by atoms with Crippen LogP contribution in [0.4, 0.5) is 5.69 Å². The molecule has 1 fully saturated rings. The van der Waals surface area contributed by atoms with E-state index in [4.69, 9.17) is 5.14 Å². The summed E-state index contributed by atoms with van der Waals surface area (Å²) in [4.78, 5) is 13.3. The number of hydrogen-bond acceptors (Lipinski definition) is 6. The number of pyridine rings is 1. The molecule has 176 valence electrons. The Bertz CT molecular complexity index is 1240. The average molecular weight is 487 g/mol. The first-order valence-corrected chi connectivity index (χ1v) is 13.6. The smallest absolute Gasteiger partial charge is 0.273 e. The topological polar surface area (TPSA) is 107 Å². The molecule has 0 unspecified atom stereocenters. The number of nitrogens with one attached hydrogen (secondary N) is 1. The van der Waals surface area contributed by atoms with E-state index in [0.717, 1.165) is 42.4 Å². The van der Waals surface area contributed by atoms with E-state index in [-0.39, 0.29) is 16.5 Å². The molecule has 33 heavy (non-hydrogen) atoms. The highest BCUT2D eigenvalue weighted by atomic mass is 32.2. The Morgan fingerprint density at radius 1 is 1.15 bits per heavy atom. The Morgan fingerprint density at radius 3 is 2.42 bits per heavy atom. The van der Waals surface area contributed by atoms with Crippen LogP contribution in [-0.2, 0) is 16.6 Å². The van der Waals surface area contributed by atoms with Crippen LogP contribution in [0.15, 0.2) is 57.8 Å². The first kappa shape index (κ1) is 23.7. The maximum atomic E-state index is 13.1. The van der Waals surface area contributed by atoms with Gasteiger partial charge in [-0.15, -0.1) is 0 Å². The van der Waals surface area contributed by atoms with Crippen molar-refractivity contribution in [3.05, 3.63) is 64.0 Å². The van der Waals surface area contributed by atoms with E-state index in [1.807, 2.05) is 36.0 Å². The van der Waals surface area contributed by atoms with Crippen molar-refractivity contribution in [3.8, 4) is 11.1 Å². The molecular formula is C24H30N4O3S2. The number of hydrogen-bond donors (Lipinski definition) is 2. The SMILES string of the molecule is CC(C)Cn1cc(-c2cnsc2)cc(N[C@H]2CC[C@@H](c3ccc(S(N)(=O)=O)cc3)CC2)c1=O. The van der Waals surface area contributed by atoms with Crippen molar-refractivity contribution >= 4 is 27.2 Å². The predicted octanol–water partition coefficient (Wildman–Crippen LogP) is 4.41. The van der Waals surface area contributed by atoms with Crippen molar-refractivity contribution in [2.45, 2.75) is 62.9 Å². The lowest BCUT2D eigenvalue weighted by molar-refractivity contribution is 0.411. The Kier molecular flexibility index (Phi) is 7.02. The number of rotatable bonds is 7. The van der Waals surface area contributed by atoms with Gasteiger partial charge in [-0.1, -0.05) is 26.0 Å². The number of nitrogens with two attached hydrogens (primary N) is 1. The van der Waals surface area contributed by atoms with E-state index < -0.39 is 10.0 Å². The lowest BCUT2D eigenvalue weighted by atomic mass is 9.81. The monoisotopic (exact) mass is 486 g/mol. The van der Waals surface area contributed by atoms with Crippen molar-refractivity contribution in [3.63, 3.8) is 0 Å². The van der Waals surface area contributed by atoms with Crippen LogP contribution in [0.3, 0.4) is 0 Å². The third-order valence-corrected chi connectivity index (χ3v) is 7.70. The van der Waals surface area contributed by atoms with E-state index >= 15 is 0 Å². The third kappa shape index (κ3) is 5.72. The fourth-order valence-corrected chi connectivity index (χ4v) is 5.56. The van der Waals surface area contributed by atoms with Crippen LogP contribution in [0.5, 0.6) is 0 Å². The Balaban J connectivity index is 1.48. The van der Waals surface area contributed by atoms with Crippen molar-refractivity contribution in [1.82, 2.24) is 8.94 Å². The molecule has 2 heterocycles. The predicted molar refractivity (Wildman–Crippen MR) is 133 cm³/mol. The largest absolute Gasteiger partial charge is 0.378 e. The molecule has 0 spiro atoms. The van der Waals surface area contributed by atoms with Crippen molar-refractivity contribution in [2.75, 3.05) is 5.32 Å². The molecule has 1 aliphatic rings. The number of nitrogens with zero attached hydrogens (tertiary/aromatic N) is 2. The molecule has 3 N–H and O–H groups in total. The second-order valence-electron chi connectivity index (χ2n) is 9.21. The zero-order valence-electron chi connectivity index (χ0n) is 18.9. The molecule has 0 aliphatic heterocycles. The summed E-state index contributed by atoms with van der Waals surface area (Å²) < 4.78 is 29.0. The molecule has 0 amide bonds. The first-order valence-electron chi connectivity index (χ1n) is 11.2. The van der Waals surface area contributed by atoms with Crippen LogP contribution in [0.1, 0.15) is 51.0 Å². The fourth-order valence-electron chi connectivity index (χ4n) is 4.49. The van der Waals surface area contributed by atoms with Gasteiger partial charge in [0.15, 0.2) is 0 Å². The highest BCUT2D eigenvalue weighted by Gasteiger charge is 2.24. The standard InChI is InChI=1S/C24H30N4O3S2/c1-16(2)13-28-14-19(20-12-26-32-15-20)11-23(24(28)29)27-21-7-3-17(4-8-21)18-5-9-22(10-6-18)33(25,30)31/h5-6,9-12,14-17,21,27H,3-4,7-8,13H2,1-2H3,(H2,25,30,31)/t17-,21+. The van der Waals surface area contributed by atoms with Gasteiger partial charge in [-0.25, -0.2) is 17.9 Å². The number of benzene rings is 1. The summed E-state index contributed by atoms with van der Waals surface area (Å²) in [5, 5.41) is 10.7. The van der Waals surface area contributed by atoms with Crippen molar-refractivity contribution in [1.29, 1.82) is 0 Å². The van der Waals surface area contributed by atoms with Gasteiger partial charge >= 0.3 is 0 Å². The molecule has 4 rings (SSSR count). The van der Waals surface area contributed by atoms with Crippen LogP contribution in [0.2, 0.25) is 0 Å². The quantitative estimate of drug-likeness (QED) is 0.514. The van der Waals surface area contributed by atoms with E-state index in [0.29, 0.717) is 24.1 Å². The molecule has 0 saturated heterocycles. The first-order chi connectivity index (χ1) is 15.7. The average Bonchev–Trinajstić information content (AvgIpc) is 3.31. The van der Waals surface area contributed by atoms with Crippen LogP contribution in [-0.4, -0.2) is 23.4 Å². The highest BCUT2D eigenvalue weighted by Crippen LogP contribution is 2.34.